The first-order valence-corrected chi connectivity index (χ1v) is 9.87. The van der Waals surface area contributed by atoms with Gasteiger partial charge in [-0.1, -0.05) is 48.3 Å². The number of rotatable bonds is 7. The number of hydrogen-bond donors (Lipinski definition) is 0. The second kappa shape index (κ2) is 8.55. The molecule has 1 aromatic carbocycles. The van der Waals surface area contributed by atoms with Crippen LogP contribution in [0.3, 0.4) is 0 Å². The van der Waals surface area contributed by atoms with Crippen molar-refractivity contribution in [2.24, 2.45) is 0 Å². The predicted molar refractivity (Wildman–Crippen MR) is 98.2 cm³/mol. The molecule has 6 heteroatoms. The van der Waals surface area contributed by atoms with Crippen molar-refractivity contribution < 1.29 is 0 Å². The predicted octanol–water partition coefficient (Wildman–Crippen LogP) is 5.50. The van der Waals surface area contributed by atoms with E-state index in [2.05, 4.69) is 20.8 Å². The van der Waals surface area contributed by atoms with Gasteiger partial charge >= 0.3 is 0 Å². The van der Waals surface area contributed by atoms with Gasteiger partial charge in [0, 0.05) is 23.8 Å². The van der Waals surface area contributed by atoms with Crippen LogP contribution in [0, 0.1) is 11.3 Å². The fourth-order valence-corrected chi connectivity index (χ4v) is 4.39. The minimum absolute atomic E-state index is 0.466. The Balaban J connectivity index is 1.84. The molecule has 1 heterocycles. The third-order valence-corrected chi connectivity index (χ3v) is 5.74. The Morgan fingerprint density at radius 3 is 2.75 bits per heavy atom. The number of benzene rings is 1. The van der Waals surface area contributed by atoms with Gasteiger partial charge in [-0.25, -0.2) is 0 Å². The lowest BCUT2D eigenvalue weighted by Gasteiger charge is -2.17. The molecular formula is C18H21ClN4S. The first-order chi connectivity index (χ1) is 11.8. The molecule has 0 amide bonds. The van der Waals surface area contributed by atoms with E-state index in [1.165, 1.54) is 25.7 Å². The van der Waals surface area contributed by atoms with Gasteiger partial charge in [-0.2, -0.15) is 5.26 Å². The molecular weight excluding hydrogens is 340 g/mol. The number of aromatic nitrogens is 3. The normalized spacial score (nSPS) is 14.8. The van der Waals surface area contributed by atoms with Gasteiger partial charge in [-0.05, 0) is 37.8 Å². The van der Waals surface area contributed by atoms with Crippen molar-refractivity contribution in [1.29, 1.82) is 5.26 Å². The van der Waals surface area contributed by atoms with Crippen LogP contribution >= 0.6 is 23.4 Å². The van der Waals surface area contributed by atoms with Crippen molar-refractivity contribution in [2.75, 3.05) is 5.75 Å². The molecule has 0 radical (unpaired) electrons. The molecule has 0 unspecified atom stereocenters. The molecule has 4 nitrogen and oxygen atoms in total. The monoisotopic (exact) mass is 360 g/mol. The highest BCUT2D eigenvalue weighted by atomic mass is 35.5. The van der Waals surface area contributed by atoms with Crippen LogP contribution < -0.4 is 0 Å². The number of nitriles is 1. The summed E-state index contributed by atoms with van der Waals surface area (Å²) in [6.07, 6.45) is 7.47. The van der Waals surface area contributed by atoms with Crippen LogP contribution in [0.5, 0.6) is 0 Å². The molecule has 1 aliphatic carbocycles. The van der Waals surface area contributed by atoms with Gasteiger partial charge in [0.15, 0.2) is 11.0 Å². The fourth-order valence-electron chi connectivity index (χ4n) is 3.16. The Labute approximate surface area is 152 Å². The van der Waals surface area contributed by atoms with E-state index in [0.29, 0.717) is 12.5 Å². The Bertz CT molecular complexity index is 716. The van der Waals surface area contributed by atoms with E-state index >= 15 is 0 Å². The zero-order valence-corrected chi connectivity index (χ0v) is 15.2. The van der Waals surface area contributed by atoms with Gasteiger partial charge in [0.2, 0.25) is 0 Å². The summed E-state index contributed by atoms with van der Waals surface area (Å²) in [7, 11) is 0. The van der Waals surface area contributed by atoms with E-state index in [9.17, 15) is 0 Å². The largest absolute Gasteiger partial charge is 0.299 e. The zero-order chi connectivity index (χ0) is 16.8. The average molecular weight is 361 g/mol. The molecule has 1 fully saturated rings. The average Bonchev–Trinajstić information content (AvgIpc) is 3.24. The molecule has 0 bridgehead atoms. The first kappa shape index (κ1) is 17.3. The smallest absolute Gasteiger partial charge is 0.191 e. The van der Waals surface area contributed by atoms with Crippen LogP contribution in [0.1, 0.15) is 51.0 Å². The molecule has 1 aliphatic rings. The van der Waals surface area contributed by atoms with E-state index in [1.54, 1.807) is 11.8 Å². The molecule has 0 N–H and O–H groups in total. The second-order valence-electron chi connectivity index (χ2n) is 6.06. The molecule has 0 atom stereocenters. The van der Waals surface area contributed by atoms with Crippen LogP contribution in [0.15, 0.2) is 29.4 Å². The Hall–Kier alpha value is -1.51. The maximum absolute atomic E-state index is 8.63. The molecule has 0 saturated heterocycles. The Morgan fingerprint density at radius 1 is 1.21 bits per heavy atom. The lowest BCUT2D eigenvalue weighted by molar-refractivity contribution is 0.485. The van der Waals surface area contributed by atoms with Crippen LogP contribution in [-0.2, 0) is 0 Å². The van der Waals surface area contributed by atoms with Gasteiger partial charge in [0.1, 0.15) is 0 Å². The Kier molecular flexibility index (Phi) is 6.17. The van der Waals surface area contributed by atoms with E-state index in [1.807, 2.05) is 24.3 Å². The summed E-state index contributed by atoms with van der Waals surface area (Å²) in [4.78, 5) is 0. The lowest BCUT2D eigenvalue weighted by Crippen LogP contribution is -2.08. The van der Waals surface area contributed by atoms with Crippen LogP contribution in [-0.4, -0.2) is 20.5 Å². The molecule has 1 saturated carbocycles. The zero-order valence-electron chi connectivity index (χ0n) is 13.6. The molecule has 126 valence electrons. The maximum atomic E-state index is 8.63. The van der Waals surface area contributed by atoms with E-state index in [-0.39, 0.29) is 0 Å². The quantitative estimate of drug-likeness (QED) is 0.483. The minimum atomic E-state index is 0.466. The SMILES string of the molecule is N#CCCCCSc1nnc(-c2ccccc2Cl)n1C1CCCC1. The van der Waals surface area contributed by atoms with Crippen molar-refractivity contribution in [1.82, 2.24) is 14.8 Å². The van der Waals surface area contributed by atoms with Crippen LogP contribution in [0.25, 0.3) is 11.4 Å². The van der Waals surface area contributed by atoms with Crippen molar-refractivity contribution in [3.05, 3.63) is 29.3 Å². The summed E-state index contributed by atoms with van der Waals surface area (Å²) in [6.45, 7) is 0. The minimum Gasteiger partial charge on any atom is -0.299 e. The van der Waals surface area contributed by atoms with Crippen molar-refractivity contribution in [3.63, 3.8) is 0 Å². The summed E-state index contributed by atoms with van der Waals surface area (Å²) in [5.41, 5.74) is 0.954. The van der Waals surface area contributed by atoms with E-state index < -0.39 is 0 Å². The summed E-state index contributed by atoms with van der Waals surface area (Å²) in [5.74, 6) is 1.85. The highest BCUT2D eigenvalue weighted by Gasteiger charge is 2.25. The maximum Gasteiger partial charge on any atom is 0.191 e. The van der Waals surface area contributed by atoms with E-state index in [0.717, 1.165) is 40.2 Å². The van der Waals surface area contributed by atoms with Gasteiger partial charge in [0.25, 0.3) is 0 Å². The van der Waals surface area contributed by atoms with Crippen molar-refractivity contribution in [3.8, 4) is 17.5 Å². The van der Waals surface area contributed by atoms with Gasteiger partial charge in [0.05, 0.1) is 11.1 Å². The molecule has 1 aromatic heterocycles. The number of hydrogen-bond acceptors (Lipinski definition) is 4. The third kappa shape index (κ3) is 3.93. The summed E-state index contributed by atoms with van der Waals surface area (Å²) >= 11 is 8.13. The third-order valence-electron chi connectivity index (χ3n) is 4.38. The summed E-state index contributed by atoms with van der Waals surface area (Å²) < 4.78 is 2.29. The first-order valence-electron chi connectivity index (χ1n) is 8.51. The van der Waals surface area contributed by atoms with Gasteiger partial charge in [-0.3, -0.25) is 4.57 Å². The standard InChI is InChI=1S/C18H21ClN4S/c19-16-11-5-4-10-15(16)17-21-22-18(24-13-7-1-6-12-20)23(17)14-8-2-3-9-14/h4-5,10-11,14H,1-3,6-9,13H2. The fraction of sp³-hybridized carbons (Fsp3) is 0.500. The molecule has 3 rings (SSSR count). The molecule has 2 aromatic rings. The number of halogens is 1. The van der Waals surface area contributed by atoms with Crippen molar-refractivity contribution in [2.45, 2.75) is 56.1 Å². The van der Waals surface area contributed by atoms with E-state index in [4.69, 9.17) is 16.9 Å². The molecule has 0 spiro atoms. The topological polar surface area (TPSA) is 54.5 Å². The van der Waals surface area contributed by atoms with Gasteiger partial charge < -0.3 is 0 Å². The van der Waals surface area contributed by atoms with Crippen molar-refractivity contribution >= 4 is 23.4 Å². The highest BCUT2D eigenvalue weighted by Crippen LogP contribution is 2.38. The molecule has 24 heavy (non-hydrogen) atoms. The van der Waals surface area contributed by atoms with Gasteiger partial charge in [-0.15, -0.1) is 10.2 Å². The summed E-state index contributed by atoms with van der Waals surface area (Å²) in [6, 6.07) is 10.5. The lowest BCUT2D eigenvalue weighted by atomic mass is 10.2. The van der Waals surface area contributed by atoms with Crippen LogP contribution in [0.2, 0.25) is 5.02 Å². The Morgan fingerprint density at radius 2 is 2.00 bits per heavy atom. The second-order valence-corrected chi connectivity index (χ2v) is 7.53. The number of unbranched alkanes of at least 4 members (excludes halogenated alkanes) is 2. The summed E-state index contributed by atoms with van der Waals surface area (Å²) in [5, 5.41) is 19.2. The highest BCUT2D eigenvalue weighted by molar-refractivity contribution is 7.99. The number of nitrogens with zero attached hydrogens (tertiary/aromatic N) is 4. The molecule has 0 aliphatic heterocycles. The van der Waals surface area contributed by atoms with Crippen LogP contribution in [0.4, 0.5) is 0 Å². The number of thioether (sulfide) groups is 1.